The van der Waals surface area contributed by atoms with Crippen LogP contribution in [-0.4, -0.2) is 11.9 Å². The Balaban J connectivity index is 1.47. The van der Waals surface area contributed by atoms with E-state index in [0.29, 0.717) is 28.7 Å². The average Bonchev–Trinajstić information content (AvgIpc) is 3.28. The molecule has 5 heteroatoms. The molecule has 4 nitrogen and oxygen atoms in total. The molecule has 1 fully saturated rings. The van der Waals surface area contributed by atoms with Gasteiger partial charge >= 0.3 is 5.97 Å². The van der Waals surface area contributed by atoms with Crippen molar-refractivity contribution in [3.8, 4) is 5.75 Å². The minimum Gasteiger partial charge on any atom is -0.427 e. The number of hydrogen-bond acceptors (Lipinski definition) is 4. The third-order valence-corrected chi connectivity index (χ3v) is 5.19. The summed E-state index contributed by atoms with van der Waals surface area (Å²) < 4.78 is 5.36. The second-order valence-corrected chi connectivity index (χ2v) is 7.07. The number of anilines is 1. The second kappa shape index (κ2) is 8.11. The molecule has 0 spiro atoms. The number of ether oxygens (including phenoxy) is 1. The quantitative estimate of drug-likeness (QED) is 0.601. The Morgan fingerprint density at radius 2 is 1.88 bits per heavy atom. The molecule has 1 aliphatic carbocycles. The van der Waals surface area contributed by atoms with Crippen LogP contribution in [0.2, 0.25) is 0 Å². The van der Waals surface area contributed by atoms with E-state index in [1.54, 1.807) is 30.3 Å². The lowest BCUT2D eigenvalue weighted by molar-refractivity contribution is -0.134. The summed E-state index contributed by atoms with van der Waals surface area (Å²) in [5.41, 5.74) is 0.680. The van der Waals surface area contributed by atoms with Gasteiger partial charge in [-0.25, -0.2) is 0 Å². The highest BCUT2D eigenvalue weighted by Gasteiger charge is 2.17. The summed E-state index contributed by atoms with van der Waals surface area (Å²) in [4.78, 5) is 24.5. The van der Waals surface area contributed by atoms with Crippen LogP contribution in [0.4, 0.5) is 5.69 Å². The van der Waals surface area contributed by atoms with E-state index in [0.717, 1.165) is 6.42 Å². The highest BCUT2D eigenvalue weighted by Crippen LogP contribution is 2.28. The van der Waals surface area contributed by atoms with E-state index in [-0.39, 0.29) is 11.9 Å². The lowest BCUT2D eigenvalue weighted by Gasteiger charge is -2.09. The van der Waals surface area contributed by atoms with Gasteiger partial charge in [0.05, 0.1) is 4.88 Å². The molecule has 0 aliphatic heterocycles. The van der Waals surface area contributed by atoms with Gasteiger partial charge in [0.25, 0.3) is 5.91 Å². The zero-order valence-electron chi connectivity index (χ0n) is 13.5. The van der Waals surface area contributed by atoms with Gasteiger partial charge in [0.2, 0.25) is 0 Å². The Hall–Kier alpha value is -2.14. The third-order valence-electron chi connectivity index (χ3n) is 4.32. The molecule has 2 aromatic rings. The molecule has 3 rings (SSSR count). The first-order valence-corrected chi connectivity index (χ1v) is 9.24. The standard InChI is InChI=1S/C19H21NO3S/c21-18(12-7-14-4-1-2-5-14)23-16-10-8-15(9-11-16)20-19(22)17-6-3-13-24-17/h3,6,8-11,13-14H,1-2,4-5,7,12H2,(H,20,22). The number of carbonyl (C=O) groups is 2. The van der Waals surface area contributed by atoms with Crippen LogP contribution in [0.25, 0.3) is 0 Å². The molecule has 1 aromatic carbocycles. The van der Waals surface area contributed by atoms with Gasteiger partial charge in [0.15, 0.2) is 0 Å². The fourth-order valence-electron chi connectivity index (χ4n) is 3.01. The van der Waals surface area contributed by atoms with Gasteiger partial charge in [-0.1, -0.05) is 31.7 Å². The molecule has 126 valence electrons. The molecule has 0 unspecified atom stereocenters. The highest BCUT2D eigenvalue weighted by molar-refractivity contribution is 7.12. The van der Waals surface area contributed by atoms with Crippen molar-refractivity contribution in [2.24, 2.45) is 5.92 Å². The Kier molecular flexibility index (Phi) is 5.64. The zero-order chi connectivity index (χ0) is 16.8. The first-order chi connectivity index (χ1) is 11.7. The molecule has 1 saturated carbocycles. The number of amides is 1. The Bertz CT molecular complexity index is 673. The van der Waals surface area contributed by atoms with E-state index in [2.05, 4.69) is 5.32 Å². The molecule has 1 heterocycles. The number of nitrogens with one attached hydrogen (secondary N) is 1. The first kappa shape index (κ1) is 16.7. The van der Waals surface area contributed by atoms with Gasteiger partial charge in [0, 0.05) is 12.1 Å². The highest BCUT2D eigenvalue weighted by atomic mass is 32.1. The predicted molar refractivity (Wildman–Crippen MR) is 95.5 cm³/mol. The minimum atomic E-state index is -0.183. The Labute approximate surface area is 145 Å². The molecule has 1 aromatic heterocycles. The van der Waals surface area contributed by atoms with Crippen molar-refractivity contribution in [2.75, 3.05) is 5.32 Å². The molecule has 0 atom stereocenters. The minimum absolute atomic E-state index is 0.133. The molecule has 1 N–H and O–H groups in total. The van der Waals surface area contributed by atoms with Crippen LogP contribution >= 0.6 is 11.3 Å². The Morgan fingerprint density at radius 3 is 2.54 bits per heavy atom. The van der Waals surface area contributed by atoms with E-state index in [1.807, 2.05) is 11.4 Å². The van der Waals surface area contributed by atoms with Crippen molar-refractivity contribution in [3.63, 3.8) is 0 Å². The van der Waals surface area contributed by atoms with Crippen LogP contribution in [0.1, 0.15) is 48.2 Å². The first-order valence-electron chi connectivity index (χ1n) is 8.36. The van der Waals surface area contributed by atoms with Crippen molar-refractivity contribution >= 4 is 28.9 Å². The van der Waals surface area contributed by atoms with Crippen LogP contribution in [0.15, 0.2) is 41.8 Å². The normalized spacial score (nSPS) is 14.5. The number of hydrogen-bond donors (Lipinski definition) is 1. The molecular formula is C19H21NO3S. The van der Waals surface area contributed by atoms with Gasteiger partial charge in [0.1, 0.15) is 5.75 Å². The zero-order valence-corrected chi connectivity index (χ0v) is 14.3. The summed E-state index contributed by atoms with van der Waals surface area (Å²) in [6.07, 6.45) is 6.46. The number of esters is 1. The number of benzene rings is 1. The topological polar surface area (TPSA) is 55.4 Å². The SMILES string of the molecule is O=C(CCC1CCCC1)Oc1ccc(NC(=O)c2cccs2)cc1. The average molecular weight is 343 g/mol. The van der Waals surface area contributed by atoms with Crippen molar-refractivity contribution in [1.82, 2.24) is 0 Å². The monoisotopic (exact) mass is 343 g/mol. The molecular weight excluding hydrogens is 322 g/mol. The maximum atomic E-state index is 12.0. The van der Waals surface area contributed by atoms with Crippen molar-refractivity contribution in [1.29, 1.82) is 0 Å². The van der Waals surface area contributed by atoms with Crippen molar-refractivity contribution in [3.05, 3.63) is 46.7 Å². The molecule has 0 saturated heterocycles. The maximum absolute atomic E-state index is 12.0. The fourth-order valence-corrected chi connectivity index (χ4v) is 3.63. The Morgan fingerprint density at radius 1 is 1.12 bits per heavy atom. The van der Waals surface area contributed by atoms with Crippen LogP contribution in [0.5, 0.6) is 5.75 Å². The van der Waals surface area contributed by atoms with Gasteiger partial charge in [-0.15, -0.1) is 11.3 Å². The molecule has 0 bridgehead atoms. The fraction of sp³-hybridized carbons (Fsp3) is 0.368. The van der Waals surface area contributed by atoms with Gasteiger partial charge in [-0.3, -0.25) is 9.59 Å². The van der Waals surface area contributed by atoms with E-state index < -0.39 is 0 Å². The molecule has 0 radical (unpaired) electrons. The summed E-state index contributed by atoms with van der Waals surface area (Å²) in [5, 5.41) is 4.68. The van der Waals surface area contributed by atoms with Crippen molar-refractivity contribution in [2.45, 2.75) is 38.5 Å². The lowest BCUT2D eigenvalue weighted by atomic mass is 10.0. The van der Waals surface area contributed by atoms with Gasteiger partial charge < -0.3 is 10.1 Å². The second-order valence-electron chi connectivity index (χ2n) is 6.12. The summed E-state index contributed by atoms with van der Waals surface area (Å²) >= 11 is 1.40. The molecule has 24 heavy (non-hydrogen) atoms. The molecule has 1 aliphatic rings. The summed E-state index contributed by atoms with van der Waals surface area (Å²) in [6, 6.07) is 10.5. The van der Waals surface area contributed by atoms with E-state index in [1.165, 1.54) is 37.0 Å². The number of rotatable bonds is 6. The lowest BCUT2D eigenvalue weighted by Crippen LogP contribution is -2.11. The summed E-state index contributed by atoms with van der Waals surface area (Å²) in [6.45, 7) is 0. The largest absolute Gasteiger partial charge is 0.427 e. The van der Waals surface area contributed by atoms with Crippen LogP contribution < -0.4 is 10.1 Å². The molecule has 1 amide bonds. The number of thiophene rings is 1. The van der Waals surface area contributed by atoms with Gasteiger partial charge in [-0.2, -0.15) is 0 Å². The third kappa shape index (κ3) is 4.68. The van der Waals surface area contributed by atoms with Crippen LogP contribution in [0.3, 0.4) is 0 Å². The van der Waals surface area contributed by atoms with Gasteiger partial charge in [-0.05, 0) is 48.1 Å². The predicted octanol–water partition coefficient (Wildman–Crippen LogP) is 4.88. The summed E-state index contributed by atoms with van der Waals surface area (Å²) in [7, 11) is 0. The van der Waals surface area contributed by atoms with E-state index in [9.17, 15) is 9.59 Å². The summed E-state index contributed by atoms with van der Waals surface area (Å²) in [5.74, 6) is 0.886. The smallest absolute Gasteiger partial charge is 0.311 e. The van der Waals surface area contributed by atoms with E-state index >= 15 is 0 Å². The van der Waals surface area contributed by atoms with E-state index in [4.69, 9.17) is 4.74 Å². The maximum Gasteiger partial charge on any atom is 0.311 e. The van der Waals surface area contributed by atoms with Crippen molar-refractivity contribution < 1.29 is 14.3 Å². The van der Waals surface area contributed by atoms with Crippen LogP contribution in [0, 0.1) is 5.92 Å². The van der Waals surface area contributed by atoms with Crippen LogP contribution in [-0.2, 0) is 4.79 Å². The number of carbonyl (C=O) groups excluding carboxylic acids is 2.